The minimum absolute atomic E-state index is 0.280. The van der Waals surface area contributed by atoms with Gasteiger partial charge in [0.1, 0.15) is 0 Å². The van der Waals surface area contributed by atoms with Gasteiger partial charge in [0.05, 0.1) is 0 Å². The normalized spacial score (nSPS) is 21.3. The number of rotatable bonds is 11. The molecule has 2 bridgehead atoms. The van der Waals surface area contributed by atoms with Gasteiger partial charge >= 0.3 is 0 Å². The van der Waals surface area contributed by atoms with Gasteiger partial charge in [-0.05, 0) is 223 Å². The van der Waals surface area contributed by atoms with Gasteiger partial charge < -0.3 is 9.80 Å². The van der Waals surface area contributed by atoms with E-state index in [9.17, 15) is 0 Å². The molecule has 386 valence electrons. The molecule has 2 atom stereocenters. The molecule has 1 spiro atoms. The van der Waals surface area contributed by atoms with E-state index in [1.807, 2.05) is 0 Å². The lowest BCUT2D eigenvalue weighted by Crippen LogP contribution is -2.59. The first-order valence-corrected chi connectivity index (χ1v) is 29.2. The Kier molecular flexibility index (Phi) is 10.6. The Bertz CT molecular complexity index is 4170. The van der Waals surface area contributed by atoms with E-state index in [4.69, 9.17) is 0 Å². The highest BCUT2D eigenvalue weighted by Gasteiger charge is 2.77. The molecular weight excluding hydrogens is 965 g/mol. The van der Waals surface area contributed by atoms with Crippen LogP contribution in [0.3, 0.4) is 0 Å². The molecule has 0 saturated heterocycles. The second kappa shape index (κ2) is 17.9. The maximum atomic E-state index is 2.60. The first-order valence-electron chi connectivity index (χ1n) is 29.2. The maximum Gasteiger partial charge on any atom is 0.0490 e. The standard InChI is InChI=1S/C78H64N2/c1-51-43-60(77-48-62-44-61-45-63(49-77)78(61,62)50-77)31-42-75(51)80(66-34-27-57(28-35-66)55-23-21-54(22-24-55)52-13-6-4-7-14-52)68-39-41-72-71-40-38-67(46-73(71)76(2,3)74(72)47-68)79(64-32-25-56(26-33-64)53-15-8-5-9-16-53)65-36-29-59(30-37-65)70-20-12-18-58-17-10-11-19-69(58)70/h4-43,46-47,61-63H,44-45,48-50H2,1-3H3. The molecule has 2 heteroatoms. The van der Waals surface area contributed by atoms with Crippen molar-refractivity contribution in [2.75, 3.05) is 9.80 Å². The van der Waals surface area contributed by atoms with Crippen LogP contribution in [0.25, 0.3) is 66.4 Å². The van der Waals surface area contributed by atoms with Gasteiger partial charge in [-0.15, -0.1) is 0 Å². The van der Waals surface area contributed by atoms with Crippen LogP contribution in [0.4, 0.5) is 34.1 Å². The number of benzene rings is 11. The van der Waals surface area contributed by atoms with Gasteiger partial charge in [-0.25, -0.2) is 0 Å². The van der Waals surface area contributed by atoms with Crippen LogP contribution >= 0.6 is 0 Å². The lowest BCUT2D eigenvalue weighted by atomic mass is 9.38. The zero-order valence-electron chi connectivity index (χ0n) is 45.9. The average Bonchev–Trinajstić information content (AvgIpc) is 3.77. The van der Waals surface area contributed by atoms with E-state index < -0.39 is 0 Å². The Balaban J connectivity index is 0.768. The summed E-state index contributed by atoms with van der Waals surface area (Å²) in [4.78, 5) is 4.98. The molecule has 2 nitrogen and oxygen atoms in total. The SMILES string of the molecule is Cc1cc(C23CC4CC5CC(C2)C54C3)ccc1N(c1ccc(-c2ccc(-c3ccccc3)cc2)cc1)c1ccc2c(c1)C(C)(C)c1cc(N(c3ccc(-c4ccccc4)cc3)c3ccc(-c4cccc5ccccc45)cc3)ccc1-2. The second-order valence-electron chi connectivity index (χ2n) is 24.8. The minimum Gasteiger partial charge on any atom is -0.310 e. The fourth-order valence-corrected chi connectivity index (χ4v) is 16.5. The first kappa shape index (κ1) is 47.3. The molecule has 0 heterocycles. The third kappa shape index (κ3) is 7.24. The molecule has 11 aromatic rings. The predicted octanol–water partition coefficient (Wildman–Crippen LogP) is 21.1. The van der Waals surface area contributed by atoms with Crippen molar-refractivity contribution in [3.8, 4) is 55.6 Å². The summed E-state index contributed by atoms with van der Waals surface area (Å²) in [5.74, 6) is 2.93. The van der Waals surface area contributed by atoms with Crippen molar-refractivity contribution in [1.82, 2.24) is 0 Å². The monoisotopic (exact) mass is 1030 g/mol. The van der Waals surface area contributed by atoms with Crippen LogP contribution in [0.5, 0.6) is 0 Å². The fraction of sp³-hybridized carbons (Fsp3) is 0.179. The number of hydrogen-bond acceptors (Lipinski definition) is 2. The topological polar surface area (TPSA) is 6.48 Å². The van der Waals surface area contributed by atoms with Crippen molar-refractivity contribution in [3.05, 3.63) is 277 Å². The van der Waals surface area contributed by atoms with Crippen LogP contribution in [-0.2, 0) is 10.8 Å². The highest BCUT2D eigenvalue weighted by Crippen LogP contribution is 2.84. The van der Waals surface area contributed by atoms with Gasteiger partial charge in [-0.2, -0.15) is 0 Å². The number of anilines is 6. The summed E-state index contributed by atoms with van der Waals surface area (Å²) in [5, 5.41) is 2.52. The van der Waals surface area contributed by atoms with E-state index in [1.165, 1.54) is 132 Å². The summed E-state index contributed by atoms with van der Waals surface area (Å²) in [5.41, 5.74) is 25.8. The molecule has 16 rings (SSSR count). The molecule has 0 N–H and O–H groups in total. The maximum absolute atomic E-state index is 2.60. The van der Waals surface area contributed by atoms with Crippen LogP contribution in [0.1, 0.15) is 68.2 Å². The van der Waals surface area contributed by atoms with Crippen LogP contribution in [0, 0.1) is 30.1 Å². The van der Waals surface area contributed by atoms with E-state index in [1.54, 1.807) is 5.56 Å². The summed E-state index contributed by atoms with van der Waals surface area (Å²) in [6.07, 6.45) is 7.19. The van der Waals surface area contributed by atoms with Gasteiger partial charge in [0.25, 0.3) is 0 Å². The Hall–Kier alpha value is -8.72. The van der Waals surface area contributed by atoms with Crippen molar-refractivity contribution >= 4 is 44.9 Å². The summed E-state index contributed by atoms with van der Waals surface area (Å²) in [6.45, 7) is 7.22. The van der Waals surface area contributed by atoms with E-state index in [0.717, 1.165) is 34.8 Å². The Labute approximate surface area is 471 Å². The molecule has 4 fully saturated rings. The number of nitrogens with zero attached hydrogens (tertiary/aromatic N) is 2. The Morgan fingerprint density at radius 3 is 1.34 bits per heavy atom. The van der Waals surface area contributed by atoms with Crippen molar-refractivity contribution in [3.63, 3.8) is 0 Å². The molecule has 11 aromatic carbocycles. The van der Waals surface area contributed by atoms with Crippen molar-refractivity contribution in [2.24, 2.45) is 23.2 Å². The molecule has 5 aliphatic rings. The predicted molar refractivity (Wildman–Crippen MR) is 335 cm³/mol. The van der Waals surface area contributed by atoms with E-state index in [-0.39, 0.29) is 5.41 Å². The third-order valence-electron chi connectivity index (χ3n) is 20.5. The molecule has 0 radical (unpaired) electrons. The highest BCUT2D eigenvalue weighted by molar-refractivity contribution is 5.97. The average molecular weight is 1030 g/mol. The van der Waals surface area contributed by atoms with E-state index in [2.05, 4.69) is 285 Å². The smallest absolute Gasteiger partial charge is 0.0490 e. The third-order valence-corrected chi connectivity index (χ3v) is 20.5. The minimum atomic E-state index is -0.280. The highest BCUT2D eigenvalue weighted by atomic mass is 15.1. The molecular formula is C78H64N2. The fourth-order valence-electron chi connectivity index (χ4n) is 16.5. The van der Waals surface area contributed by atoms with Gasteiger partial charge in [-0.1, -0.05) is 202 Å². The van der Waals surface area contributed by atoms with E-state index in [0.29, 0.717) is 10.8 Å². The van der Waals surface area contributed by atoms with Gasteiger partial charge in [0.15, 0.2) is 0 Å². The van der Waals surface area contributed by atoms with Crippen LogP contribution < -0.4 is 9.80 Å². The Morgan fingerprint density at radius 1 is 0.362 bits per heavy atom. The van der Waals surface area contributed by atoms with Crippen LogP contribution in [0.15, 0.2) is 255 Å². The zero-order valence-corrected chi connectivity index (χ0v) is 45.9. The summed E-state index contributed by atoms with van der Waals surface area (Å²) < 4.78 is 0. The molecule has 5 aliphatic carbocycles. The molecule has 80 heavy (non-hydrogen) atoms. The summed E-state index contributed by atoms with van der Waals surface area (Å²) in [6, 6.07) is 95.3. The first-order chi connectivity index (χ1) is 39.2. The quantitative estimate of drug-likeness (QED) is 0.127. The molecule has 0 aromatic heterocycles. The zero-order chi connectivity index (χ0) is 53.3. The molecule has 0 aliphatic heterocycles. The summed E-state index contributed by atoms with van der Waals surface area (Å²) in [7, 11) is 0. The molecule has 2 unspecified atom stereocenters. The van der Waals surface area contributed by atoms with Gasteiger partial charge in [0.2, 0.25) is 0 Å². The summed E-state index contributed by atoms with van der Waals surface area (Å²) >= 11 is 0. The number of fused-ring (bicyclic) bond motifs is 5. The van der Waals surface area contributed by atoms with Gasteiger partial charge in [0, 0.05) is 39.5 Å². The second-order valence-corrected chi connectivity index (χ2v) is 24.8. The number of aryl methyl sites for hydroxylation is 1. The lowest BCUT2D eigenvalue weighted by Gasteiger charge is -2.66. The molecule has 0 amide bonds. The lowest BCUT2D eigenvalue weighted by molar-refractivity contribution is -0.175. The van der Waals surface area contributed by atoms with Crippen molar-refractivity contribution in [1.29, 1.82) is 0 Å². The largest absolute Gasteiger partial charge is 0.310 e. The Morgan fingerprint density at radius 2 is 0.812 bits per heavy atom. The van der Waals surface area contributed by atoms with E-state index >= 15 is 0 Å². The van der Waals surface area contributed by atoms with Crippen molar-refractivity contribution in [2.45, 2.75) is 63.7 Å². The number of hydrogen-bond donors (Lipinski definition) is 0. The van der Waals surface area contributed by atoms with Crippen LogP contribution in [0.2, 0.25) is 0 Å². The van der Waals surface area contributed by atoms with Crippen molar-refractivity contribution < 1.29 is 0 Å². The van der Waals surface area contributed by atoms with Crippen LogP contribution in [-0.4, -0.2) is 0 Å². The molecule has 4 saturated carbocycles. The van der Waals surface area contributed by atoms with Gasteiger partial charge in [-0.3, -0.25) is 0 Å².